The zero-order chi connectivity index (χ0) is 24.7. The first-order valence-corrected chi connectivity index (χ1v) is 13.2. The van der Waals surface area contributed by atoms with Crippen molar-refractivity contribution in [1.82, 2.24) is 14.5 Å². The highest BCUT2D eigenvalue weighted by atomic mass is 35.5. The van der Waals surface area contributed by atoms with Crippen LogP contribution in [0.2, 0.25) is 10.0 Å². The normalized spacial score (nSPS) is 14.5. The quantitative estimate of drug-likeness (QED) is 0.319. The number of rotatable bonds is 6. The Bertz CT molecular complexity index is 1550. The molecule has 2 heterocycles. The number of nitrogens with two attached hydrogens (primary N) is 1. The molecule has 8 nitrogen and oxygen atoms in total. The molecule has 0 aliphatic heterocycles. The second kappa shape index (κ2) is 9.14. The number of fused-ring (bicyclic) bond motifs is 1. The van der Waals surface area contributed by atoms with Crippen molar-refractivity contribution in [3.05, 3.63) is 76.2 Å². The molecule has 3 N–H and O–H groups in total. The van der Waals surface area contributed by atoms with Gasteiger partial charge in [0.15, 0.2) is 5.78 Å². The third kappa shape index (κ3) is 4.35. The topological polar surface area (TPSA) is 120 Å². The van der Waals surface area contributed by atoms with Crippen LogP contribution in [0.4, 0.5) is 11.5 Å². The zero-order valence-corrected chi connectivity index (χ0v) is 20.7. The average molecular weight is 530 g/mol. The second-order valence-corrected chi connectivity index (χ2v) is 10.8. The van der Waals surface area contributed by atoms with Crippen molar-refractivity contribution < 1.29 is 13.2 Å². The molecule has 0 amide bonds. The minimum absolute atomic E-state index is 0.0630. The minimum atomic E-state index is -3.98. The van der Waals surface area contributed by atoms with Crippen LogP contribution in [0, 0.1) is 0 Å². The van der Waals surface area contributed by atoms with Crippen molar-refractivity contribution in [2.45, 2.75) is 36.6 Å². The fourth-order valence-electron chi connectivity index (χ4n) is 4.49. The number of benzene rings is 2. The van der Waals surface area contributed by atoms with Gasteiger partial charge >= 0.3 is 0 Å². The Labute approximate surface area is 212 Å². The minimum Gasteiger partial charge on any atom is -0.383 e. The molecule has 0 bridgehead atoms. The maximum atomic E-state index is 13.4. The van der Waals surface area contributed by atoms with E-state index in [0.29, 0.717) is 22.2 Å². The lowest BCUT2D eigenvalue weighted by atomic mass is 10.0. The summed E-state index contributed by atoms with van der Waals surface area (Å²) >= 11 is 12.0. The molecular formula is C24H21Cl2N5O3S. The van der Waals surface area contributed by atoms with Crippen LogP contribution in [0.1, 0.15) is 47.6 Å². The summed E-state index contributed by atoms with van der Waals surface area (Å²) in [7, 11) is -3.98. The summed E-state index contributed by atoms with van der Waals surface area (Å²) in [6, 6.07) is 10.8. The van der Waals surface area contributed by atoms with Gasteiger partial charge in [-0.3, -0.25) is 9.52 Å². The molecule has 0 saturated heterocycles. The maximum Gasteiger partial charge on any atom is 0.263 e. The van der Waals surface area contributed by atoms with Crippen LogP contribution >= 0.6 is 23.2 Å². The highest BCUT2D eigenvalue weighted by Gasteiger charge is 2.26. The van der Waals surface area contributed by atoms with E-state index in [0.717, 1.165) is 25.7 Å². The van der Waals surface area contributed by atoms with Gasteiger partial charge in [0.25, 0.3) is 10.0 Å². The number of nitrogens with one attached hydrogen (secondary N) is 1. The summed E-state index contributed by atoms with van der Waals surface area (Å²) in [6.45, 7) is 0. The molecule has 1 saturated carbocycles. The highest BCUT2D eigenvalue weighted by Crippen LogP contribution is 2.36. The molecule has 180 valence electrons. The first-order chi connectivity index (χ1) is 16.8. The smallest absolute Gasteiger partial charge is 0.263 e. The number of halogens is 2. The summed E-state index contributed by atoms with van der Waals surface area (Å²) in [5.41, 5.74) is 7.86. The third-order valence-corrected chi connectivity index (χ3v) is 8.56. The summed E-state index contributed by atoms with van der Waals surface area (Å²) < 4.78 is 30.0. The molecule has 11 heteroatoms. The predicted molar refractivity (Wildman–Crippen MR) is 137 cm³/mol. The Morgan fingerprint density at radius 3 is 2.49 bits per heavy atom. The van der Waals surface area contributed by atoms with Crippen molar-refractivity contribution in [1.29, 1.82) is 0 Å². The van der Waals surface area contributed by atoms with Crippen LogP contribution < -0.4 is 10.5 Å². The SMILES string of the molecule is Nc1ncnc2c1c(C(=O)c1ccc(NS(=O)(=O)c3cccc(Cl)c3Cl)cc1)cn2C1CCCC1. The lowest BCUT2D eigenvalue weighted by molar-refractivity contribution is 0.104. The van der Waals surface area contributed by atoms with E-state index in [1.165, 1.54) is 36.7 Å². The predicted octanol–water partition coefficient (Wildman–Crippen LogP) is 5.47. The number of nitrogen functional groups attached to an aromatic ring is 1. The molecule has 1 aliphatic carbocycles. The van der Waals surface area contributed by atoms with Gasteiger partial charge < -0.3 is 10.3 Å². The maximum absolute atomic E-state index is 13.4. The number of nitrogens with zero attached hydrogens (tertiary/aromatic N) is 3. The first-order valence-electron chi connectivity index (χ1n) is 11.0. The Hall–Kier alpha value is -3.14. The van der Waals surface area contributed by atoms with Crippen LogP contribution in [-0.2, 0) is 10.0 Å². The molecule has 2 aromatic heterocycles. The summed E-state index contributed by atoms with van der Waals surface area (Å²) in [5.74, 6) is -0.00147. The molecule has 1 fully saturated rings. The lowest BCUT2D eigenvalue weighted by Gasteiger charge is -2.12. The summed E-state index contributed by atoms with van der Waals surface area (Å²) in [6.07, 6.45) is 7.52. The lowest BCUT2D eigenvalue weighted by Crippen LogP contribution is -2.13. The van der Waals surface area contributed by atoms with Gasteiger partial charge in [-0.05, 0) is 49.2 Å². The Balaban J connectivity index is 1.45. The van der Waals surface area contributed by atoms with Crippen molar-refractivity contribution in [3.8, 4) is 0 Å². The molecule has 0 atom stereocenters. The molecule has 1 aliphatic rings. The zero-order valence-electron chi connectivity index (χ0n) is 18.4. The van der Waals surface area contributed by atoms with Gasteiger partial charge in [-0.15, -0.1) is 0 Å². The van der Waals surface area contributed by atoms with Crippen molar-refractivity contribution in [3.63, 3.8) is 0 Å². The van der Waals surface area contributed by atoms with Gasteiger partial charge in [0.2, 0.25) is 0 Å². The summed E-state index contributed by atoms with van der Waals surface area (Å²) in [4.78, 5) is 21.8. The second-order valence-electron chi connectivity index (χ2n) is 8.41. The number of carbonyl (C=O) groups is 1. The van der Waals surface area contributed by atoms with Gasteiger partial charge in [-0.25, -0.2) is 18.4 Å². The van der Waals surface area contributed by atoms with E-state index in [-0.39, 0.29) is 38.3 Å². The fraction of sp³-hybridized carbons (Fsp3) is 0.208. The van der Waals surface area contributed by atoms with E-state index in [2.05, 4.69) is 14.7 Å². The molecule has 4 aromatic rings. The van der Waals surface area contributed by atoms with E-state index in [1.807, 2.05) is 10.8 Å². The van der Waals surface area contributed by atoms with Crippen molar-refractivity contribution >= 4 is 61.5 Å². The number of sulfonamides is 1. The molecular weight excluding hydrogens is 509 g/mol. The number of carbonyl (C=O) groups excluding carboxylic acids is 1. The van der Waals surface area contributed by atoms with Crippen LogP contribution in [0.5, 0.6) is 0 Å². The van der Waals surface area contributed by atoms with Crippen molar-refractivity contribution in [2.24, 2.45) is 0 Å². The van der Waals surface area contributed by atoms with E-state index < -0.39 is 10.0 Å². The van der Waals surface area contributed by atoms with Gasteiger partial charge in [0.1, 0.15) is 22.7 Å². The average Bonchev–Trinajstić information content (AvgIpc) is 3.49. The third-order valence-electron chi connectivity index (χ3n) is 6.21. The number of ketones is 1. The number of hydrogen-bond donors (Lipinski definition) is 2. The molecule has 35 heavy (non-hydrogen) atoms. The van der Waals surface area contributed by atoms with Gasteiger partial charge in [-0.2, -0.15) is 0 Å². The van der Waals surface area contributed by atoms with Crippen molar-refractivity contribution in [2.75, 3.05) is 10.5 Å². The number of aromatic nitrogens is 3. The number of hydrogen-bond acceptors (Lipinski definition) is 6. The van der Waals surface area contributed by atoms with E-state index >= 15 is 0 Å². The van der Waals surface area contributed by atoms with E-state index in [9.17, 15) is 13.2 Å². The highest BCUT2D eigenvalue weighted by molar-refractivity contribution is 7.92. The largest absolute Gasteiger partial charge is 0.383 e. The Morgan fingerprint density at radius 2 is 1.77 bits per heavy atom. The molecule has 0 spiro atoms. The molecule has 2 aromatic carbocycles. The van der Waals surface area contributed by atoms with Gasteiger partial charge in [-0.1, -0.05) is 42.1 Å². The molecule has 0 unspecified atom stereocenters. The fourth-order valence-corrected chi connectivity index (χ4v) is 6.31. The van der Waals surface area contributed by atoms with E-state index in [4.69, 9.17) is 28.9 Å². The summed E-state index contributed by atoms with van der Waals surface area (Å²) in [5, 5.41) is 0.604. The first kappa shape index (κ1) is 23.6. The number of anilines is 2. The Kier molecular flexibility index (Phi) is 6.16. The van der Waals surface area contributed by atoms with E-state index in [1.54, 1.807) is 12.1 Å². The van der Waals surface area contributed by atoms with Crippen LogP contribution in [0.25, 0.3) is 11.0 Å². The van der Waals surface area contributed by atoms with Crippen LogP contribution in [0.15, 0.2) is 59.9 Å². The van der Waals surface area contributed by atoms with Crippen LogP contribution in [-0.4, -0.2) is 28.7 Å². The van der Waals surface area contributed by atoms with Crippen LogP contribution in [0.3, 0.4) is 0 Å². The standard InChI is InChI=1S/C24H21Cl2N5O3S/c25-18-6-3-7-19(21(18)26)35(33,34)30-15-10-8-14(9-11-15)22(32)17-12-31(16-4-1-2-5-16)24-20(17)23(27)28-13-29-24/h3,6-13,16,30H,1-2,4-5H2,(H2,27,28,29). The Morgan fingerprint density at radius 1 is 1.06 bits per heavy atom. The van der Waals surface area contributed by atoms with Gasteiger partial charge in [0, 0.05) is 23.5 Å². The van der Waals surface area contributed by atoms with Gasteiger partial charge in [0.05, 0.1) is 21.0 Å². The monoisotopic (exact) mass is 529 g/mol. The molecule has 5 rings (SSSR count). The molecule has 0 radical (unpaired) electrons.